The average molecular weight is 353 g/mol. The van der Waals surface area contributed by atoms with Gasteiger partial charge in [-0.2, -0.15) is 0 Å². The Kier molecular flexibility index (Phi) is 4.67. The normalized spacial score (nSPS) is 10.7. The molecule has 0 atom stereocenters. The molecule has 6 heteroatoms. The Hall–Kier alpha value is -3.28. The zero-order valence-corrected chi connectivity index (χ0v) is 14.8. The molecule has 0 saturated carbocycles. The molecule has 0 aliphatic rings. The Morgan fingerprint density at radius 1 is 1.19 bits per heavy atom. The van der Waals surface area contributed by atoms with Crippen molar-refractivity contribution in [1.82, 2.24) is 0 Å². The Morgan fingerprint density at radius 3 is 2.69 bits per heavy atom. The lowest BCUT2D eigenvalue weighted by Gasteiger charge is -2.11. The first kappa shape index (κ1) is 17.5. The summed E-state index contributed by atoms with van der Waals surface area (Å²) >= 11 is 0. The summed E-state index contributed by atoms with van der Waals surface area (Å²) in [5.41, 5.74) is 1.80. The summed E-state index contributed by atoms with van der Waals surface area (Å²) in [6.45, 7) is 3.44. The van der Waals surface area contributed by atoms with E-state index < -0.39 is 5.63 Å². The number of methoxy groups -OCH3 is 1. The predicted octanol–water partition coefficient (Wildman–Crippen LogP) is 3.31. The molecule has 134 valence electrons. The van der Waals surface area contributed by atoms with Gasteiger partial charge >= 0.3 is 5.63 Å². The molecular formula is C20H19NO5. The highest BCUT2D eigenvalue weighted by Gasteiger charge is 2.17. The van der Waals surface area contributed by atoms with Crippen LogP contribution in [0.5, 0.6) is 11.5 Å². The van der Waals surface area contributed by atoms with Crippen molar-refractivity contribution in [2.75, 3.05) is 12.4 Å². The van der Waals surface area contributed by atoms with Crippen LogP contribution in [-0.4, -0.2) is 18.1 Å². The molecule has 1 amide bonds. The molecule has 26 heavy (non-hydrogen) atoms. The van der Waals surface area contributed by atoms with Crippen LogP contribution in [0.2, 0.25) is 0 Å². The lowest BCUT2D eigenvalue weighted by atomic mass is 10.0. The molecule has 0 spiro atoms. The average Bonchev–Trinajstić information content (AvgIpc) is 2.62. The van der Waals surface area contributed by atoms with Crippen LogP contribution in [0.15, 0.2) is 45.6 Å². The number of phenols is 1. The van der Waals surface area contributed by atoms with Crippen LogP contribution in [0, 0.1) is 13.8 Å². The summed E-state index contributed by atoms with van der Waals surface area (Å²) in [6.07, 6.45) is -0.110. The first-order valence-corrected chi connectivity index (χ1v) is 8.09. The molecule has 0 saturated heterocycles. The number of amides is 1. The number of aromatic hydroxyl groups is 1. The van der Waals surface area contributed by atoms with Crippen molar-refractivity contribution >= 4 is 22.6 Å². The number of hydrogen-bond acceptors (Lipinski definition) is 5. The van der Waals surface area contributed by atoms with Crippen molar-refractivity contribution in [2.45, 2.75) is 20.3 Å². The third-order valence-corrected chi connectivity index (χ3v) is 4.37. The molecule has 0 radical (unpaired) electrons. The Balaban J connectivity index is 1.92. The Morgan fingerprint density at radius 2 is 1.96 bits per heavy atom. The molecule has 6 nitrogen and oxygen atoms in total. The Labute approximate surface area is 150 Å². The number of nitrogens with one attached hydrogen (secondary N) is 1. The van der Waals surface area contributed by atoms with Gasteiger partial charge in [0.15, 0.2) is 0 Å². The fourth-order valence-corrected chi connectivity index (χ4v) is 2.85. The molecule has 3 aromatic rings. The topological polar surface area (TPSA) is 88.8 Å². The number of ether oxygens (including phenoxy) is 1. The van der Waals surface area contributed by atoms with E-state index in [9.17, 15) is 14.7 Å². The summed E-state index contributed by atoms with van der Waals surface area (Å²) in [5, 5.41) is 13.2. The van der Waals surface area contributed by atoms with Crippen LogP contribution in [0.3, 0.4) is 0 Å². The van der Waals surface area contributed by atoms with Gasteiger partial charge in [-0.3, -0.25) is 4.79 Å². The summed E-state index contributed by atoms with van der Waals surface area (Å²) in [4.78, 5) is 24.7. The van der Waals surface area contributed by atoms with E-state index in [1.54, 1.807) is 57.4 Å². The first-order chi connectivity index (χ1) is 12.4. The van der Waals surface area contributed by atoms with Crippen molar-refractivity contribution in [1.29, 1.82) is 0 Å². The van der Waals surface area contributed by atoms with Gasteiger partial charge in [0.25, 0.3) is 0 Å². The van der Waals surface area contributed by atoms with Crippen LogP contribution in [-0.2, 0) is 11.2 Å². The standard InChI is InChI=1S/C20H19NO5/c1-11-15-7-8-17(22)12(2)19(15)26-20(24)16(11)10-18(23)21-13-5-4-6-14(9-13)25-3/h4-9,22H,10H2,1-3H3,(H,21,23). The molecule has 0 aliphatic heterocycles. The largest absolute Gasteiger partial charge is 0.508 e. The maximum Gasteiger partial charge on any atom is 0.340 e. The van der Waals surface area contributed by atoms with Crippen molar-refractivity contribution in [3.63, 3.8) is 0 Å². The lowest BCUT2D eigenvalue weighted by molar-refractivity contribution is -0.115. The summed E-state index contributed by atoms with van der Waals surface area (Å²) in [7, 11) is 1.55. The number of rotatable bonds is 4. The van der Waals surface area contributed by atoms with Gasteiger partial charge in [-0.05, 0) is 43.7 Å². The second-order valence-corrected chi connectivity index (χ2v) is 6.04. The molecule has 3 rings (SSSR count). The fraction of sp³-hybridized carbons (Fsp3) is 0.200. The number of fused-ring (bicyclic) bond motifs is 1. The number of aryl methyl sites for hydroxylation is 2. The quantitative estimate of drug-likeness (QED) is 0.703. The van der Waals surface area contributed by atoms with E-state index in [1.165, 1.54) is 0 Å². The first-order valence-electron chi connectivity index (χ1n) is 8.09. The third-order valence-electron chi connectivity index (χ3n) is 4.37. The van der Waals surface area contributed by atoms with Crippen molar-refractivity contribution < 1.29 is 19.1 Å². The van der Waals surface area contributed by atoms with Crippen molar-refractivity contribution in [3.05, 3.63) is 63.5 Å². The second kappa shape index (κ2) is 6.92. The van der Waals surface area contributed by atoms with Gasteiger partial charge in [-0.1, -0.05) is 6.07 Å². The molecular weight excluding hydrogens is 334 g/mol. The van der Waals surface area contributed by atoms with E-state index in [1.807, 2.05) is 0 Å². The smallest absolute Gasteiger partial charge is 0.340 e. The van der Waals surface area contributed by atoms with Crippen molar-refractivity contribution in [3.8, 4) is 11.5 Å². The van der Waals surface area contributed by atoms with E-state index >= 15 is 0 Å². The maximum absolute atomic E-state index is 12.4. The number of anilines is 1. The molecule has 0 bridgehead atoms. The minimum absolute atomic E-state index is 0.0589. The van der Waals surface area contributed by atoms with E-state index in [-0.39, 0.29) is 18.1 Å². The van der Waals surface area contributed by atoms with Crippen LogP contribution in [0.25, 0.3) is 11.0 Å². The monoisotopic (exact) mass is 353 g/mol. The molecule has 0 unspecified atom stereocenters. The van der Waals surface area contributed by atoms with Crippen LogP contribution in [0.1, 0.15) is 16.7 Å². The maximum atomic E-state index is 12.4. The minimum atomic E-state index is -0.579. The van der Waals surface area contributed by atoms with Gasteiger partial charge < -0.3 is 19.6 Å². The molecule has 2 N–H and O–H groups in total. The SMILES string of the molecule is COc1cccc(NC(=O)Cc2c(C)c3ccc(O)c(C)c3oc2=O)c1. The van der Waals surface area contributed by atoms with E-state index in [0.717, 1.165) is 0 Å². The van der Waals surface area contributed by atoms with Crippen molar-refractivity contribution in [2.24, 2.45) is 0 Å². The third kappa shape index (κ3) is 3.26. The highest BCUT2D eigenvalue weighted by atomic mass is 16.5. The number of carbonyl (C=O) groups is 1. The van der Waals surface area contributed by atoms with E-state index in [4.69, 9.17) is 9.15 Å². The van der Waals surface area contributed by atoms with E-state index in [2.05, 4.69) is 5.32 Å². The summed E-state index contributed by atoms with van der Waals surface area (Å²) in [5.74, 6) is 0.353. The predicted molar refractivity (Wildman–Crippen MR) is 99.0 cm³/mol. The number of hydrogen-bond donors (Lipinski definition) is 2. The van der Waals surface area contributed by atoms with Gasteiger partial charge in [-0.15, -0.1) is 0 Å². The van der Waals surface area contributed by atoms with Crippen LogP contribution >= 0.6 is 0 Å². The fourth-order valence-electron chi connectivity index (χ4n) is 2.85. The lowest BCUT2D eigenvalue weighted by Crippen LogP contribution is -2.20. The van der Waals surface area contributed by atoms with Gasteiger partial charge in [0.05, 0.1) is 19.1 Å². The summed E-state index contributed by atoms with van der Waals surface area (Å²) in [6, 6.07) is 10.2. The minimum Gasteiger partial charge on any atom is -0.508 e. The zero-order valence-electron chi connectivity index (χ0n) is 14.8. The summed E-state index contributed by atoms with van der Waals surface area (Å²) < 4.78 is 10.5. The molecule has 0 fully saturated rings. The second-order valence-electron chi connectivity index (χ2n) is 6.04. The highest BCUT2D eigenvalue weighted by Crippen LogP contribution is 2.28. The van der Waals surface area contributed by atoms with Crippen LogP contribution in [0.4, 0.5) is 5.69 Å². The zero-order chi connectivity index (χ0) is 18.8. The number of phenolic OH excluding ortho intramolecular Hbond substituents is 1. The van der Waals surface area contributed by atoms with Gasteiger partial charge in [0, 0.05) is 22.7 Å². The molecule has 0 aliphatic carbocycles. The number of carbonyl (C=O) groups excluding carboxylic acids is 1. The Bertz CT molecular complexity index is 1050. The molecule has 1 heterocycles. The van der Waals surface area contributed by atoms with Crippen LogP contribution < -0.4 is 15.7 Å². The molecule has 1 aromatic heterocycles. The van der Waals surface area contributed by atoms with E-state index in [0.29, 0.717) is 39.1 Å². The van der Waals surface area contributed by atoms with Gasteiger partial charge in [0.2, 0.25) is 5.91 Å². The number of benzene rings is 2. The highest BCUT2D eigenvalue weighted by molar-refractivity contribution is 5.94. The van der Waals surface area contributed by atoms with Gasteiger partial charge in [-0.25, -0.2) is 4.79 Å². The van der Waals surface area contributed by atoms with Gasteiger partial charge in [0.1, 0.15) is 17.1 Å². The molecule has 2 aromatic carbocycles.